The molecule has 148 valence electrons. The smallest absolute Gasteiger partial charge is 0.114 e. The van der Waals surface area contributed by atoms with Gasteiger partial charge in [-0.15, -0.1) is 0 Å². The number of likely N-dealkylation sites (tertiary alicyclic amines) is 1. The molecule has 27 heavy (non-hydrogen) atoms. The van der Waals surface area contributed by atoms with Gasteiger partial charge in [0.1, 0.15) is 12.2 Å². The van der Waals surface area contributed by atoms with Crippen molar-refractivity contribution in [3.8, 4) is 0 Å². The summed E-state index contributed by atoms with van der Waals surface area (Å²) in [6, 6.07) is 16.8. The topological polar surface area (TPSA) is 21.7 Å². The van der Waals surface area contributed by atoms with Gasteiger partial charge in [0.15, 0.2) is 0 Å². The van der Waals surface area contributed by atoms with Gasteiger partial charge in [0.25, 0.3) is 0 Å². The predicted octanol–water partition coefficient (Wildman–Crippen LogP) is 6.15. The SMILES string of the molecule is CCC.Cc1ccc(SOC2CN(C)CC2OSc2ccc(C)cc2)cc1. The number of hydrogen-bond acceptors (Lipinski definition) is 5. The van der Waals surface area contributed by atoms with Crippen molar-refractivity contribution in [2.24, 2.45) is 0 Å². The second kappa shape index (κ2) is 11.8. The fourth-order valence-electron chi connectivity index (χ4n) is 2.53. The summed E-state index contributed by atoms with van der Waals surface area (Å²) < 4.78 is 12.1. The Morgan fingerprint density at radius 2 is 1.11 bits per heavy atom. The minimum absolute atomic E-state index is 0.0688. The van der Waals surface area contributed by atoms with Crippen LogP contribution in [0.5, 0.6) is 0 Å². The molecule has 0 spiro atoms. The molecule has 1 aliphatic heterocycles. The van der Waals surface area contributed by atoms with Crippen LogP contribution in [0.2, 0.25) is 0 Å². The van der Waals surface area contributed by atoms with Gasteiger partial charge in [-0.3, -0.25) is 0 Å². The zero-order valence-corrected chi connectivity index (χ0v) is 18.6. The summed E-state index contributed by atoms with van der Waals surface area (Å²) in [5.41, 5.74) is 2.52. The van der Waals surface area contributed by atoms with Crippen LogP contribution in [-0.4, -0.2) is 37.2 Å². The second-order valence-electron chi connectivity index (χ2n) is 6.99. The summed E-state index contributed by atoms with van der Waals surface area (Å²) in [4.78, 5) is 4.50. The van der Waals surface area contributed by atoms with E-state index in [0.29, 0.717) is 0 Å². The first kappa shape index (κ1) is 22.3. The van der Waals surface area contributed by atoms with E-state index in [1.54, 1.807) is 0 Å². The Kier molecular flexibility index (Phi) is 9.73. The predicted molar refractivity (Wildman–Crippen MR) is 117 cm³/mol. The van der Waals surface area contributed by atoms with Crippen LogP contribution < -0.4 is 0 Å². The van der Waals surface area contributed by atoms with Gasteiger partial charge in [-0.25, -0.2) is 0 Å². The fraction of sp³-hybridized carbons (Fsp3) is 0.455. The van der Waals surface area contributed by atoms with Crippen molar-refractivity contribution in [1.29, 1.82) is 0 Å². The summed E-state index contributed by atoms with van der Waals surface area (Å²) in [5.74, 6) is 0. The Bertz CT molecular complexity index is 604. The summed E-state index contributed by atoms with van der Waals surface area (Å²) in [5, 5.41) is 0. The minimum atomic E-state index is 0.0688. The molecule has 2 aromatic rings. The van der Waals surface area contributed by atoms with E-state index >= 15 is 0 Å². The molecule has 0 radical (unpaired) electrons. The van der Waals surface area contributed by atoms with E-state index in [-0.39, 0.29) is 12.2 Å². The molecule has 0 N–H and O–H groups in total. The quantitative estimate of drug-likeness (QED) is 0.536. The molecule has 2 atom stereocenters. The normalized spacial score (nSPS) is 19.6. The first-order valence-electron chi connectivity index (χ1n) is 9.50. The molecular weight excluding hydrogens is 374 g/mol. The highest BCUT2D eigenvalue weighted by Gasteiger charge is 2.33. The zero-order chi connectivity index (χ0) is 19.6. The monoisotopic (exact) mass is 405 g/mol. The number of rotatable bonds is 6. The Morgan fingerprint density at radius 3 is 1.44 bits per heavy atom. The van der Waals surface area contributed by atoms with E-state index < -0.39 is 0 Å². The molecule has 0 aliphatic carbocycles. The van der Waals surface area contributed by atoms with Gasteiger partial charge in [0.2, 0.25) is 0 Å². The van der Waals surface area contributed by atoms with Gasteiger partial charge in [-0.05, 0) is 45.2 Å². The summed E-state index contributed by atoms with van der Waals surface area (Å²) in [6.45, 7) is 10.2. The lowest BCUT2D eigenvalue weighted by atomic mass is 10.2. The average molecular weight is 406 g/mol. The van der Waals surface area contributed by atoms with E-state index in [1.807, 2.05) is 0 Å². The number of nitrogens with zero attached hydrogens (tertiary/aromatic N) is 1. The zero-order valence-electron chi connectivity index (χ0n) is 17.0. The molecule has 0 saturated carbocycles. The Balaban J connectivity index is 0.000000817. The molecule has 2 aromatic carbocycles. The van der Waals surface area contributed by atoms with Crippen molar-refractivity contribution in [3.05, 3.63) is 59.7 Å². The highest BCUT2D eigenvalue weighted by Crippen LogP contribution is 2.30. The molecule has 3 rings (SSSR count). The molecule has 1 heterocycles. The average Bonchev–Trinajstić information content (AvgIpc) is 3.01. The van der Waals surface area contributed by atoms with Crippen LogP contribution in [0.3, 0.4) is 0 Å². The van der Waals surface area contributed by atoms with Crippen molar-refractivity contribution in [1.82, 2.24) is 4.90 Å². The highest BCUT2D eigenvalue weighted by atomic mass is 32.2. The second-order valence-corrected chi connectivity index (χ2v) is 8.65. The van der Waals surface area contributed by atoms with Crippen molar-refractivity contribution >= 4 is 24.1 Å². The van der Waals surface area contributed by atoms with Crippen LogP contribution >= 0.6 is 24.1 Å². The standard InChI is InChI=1S/C19H23NO2S2.C3H8/c1-14-4-8-16(9-5-14)23-21-18-12-20(3)13-19(18)22-24-17-10-6-15(2)7-11-17;1-3-2/h4-11,18-19H,12-13H2,1-3H3;3H2,1-2H3. The Morgan fingerprint density at radius 1 is 0.778 bits per heavy atom. The molecule has 3 nitrogen and oxygen atoms in total. The number of benzene rings is 2. The van der Waals surface area contributed by atoms with E-state index in [2.05, 4.69) is 88.2 Å². The summed E-state index contributed by atoms with van der Waals surface area (Å²) in [7, 11) is 2.10. The molecule has 0 aromatic heterocycles. The third-order valence-electron chi connectivity index (χ3n) is 3.98. The van der Waals surface area contributed by atoms with Crippen LogP contribution in [0, 0.1) is 13.8 Å². The maximum atomic E-state index is 6.06. The number of likely N-dealkylation sites (N-methyl/N-ethyl adjacent to an activating group) is 1. The molecule has 1 aliphatic rings. The van der Waals surface area contributed by atoms with E-state index in [9.17, 15) is 0 Å². The molecule has 1 fully saturated rings. The van der Waals surface area contributed by atoms with Crippen molar-refractivity contribution in [2.75, 3.05) is 20.1 Å². The van der Waals surface area contributed by atoms with E-state index in [1.165, 1.54) is 41.6 Å². The van der Waals surface area contributed by atoms with Gasteiger partial charge < -0.3 is 13.3 Å². The fourth-order valence-corrected chi connectivity index (χ4v) is 3.86. The van der Waals surface area contributed by atoms with Crippen LogP contribution in [0.4, 0.5) is 0 Å². The van der Waals surface area contributed by atoms with Crippen molar-refractivity contribution in [2.45, 2.75) is 56.1 Å². The van der Waals surface area contributed by atoms with Crippen LogP contribution in [0.1, 0.15) is 31.4 Å². The van der Waals surface area contributed by atoms with Crippen LogP contribution in [0.15, 0.2) is 58.3 Å². The van der Waals surface area contributed by atoms with E-state index in [4.69, 9.17) is 8.37 Å². The van der Waals surface area contributed by atoms with Gasteiger partial charge in [-0.1, -0.05) is 55.7 Å². The molecule has 2 unspecified atom stereocenters. The lowest BCUT2D eigenvalue weighted by Crippen LogP contribution is -2.26. The maximum Gasteiger partial charge on any atom is 0.114 e. The van der Waals surface area contributed by atoms with Gasteiger partial charge >= 0.3 is 0 Å². The number of hydrogen-bond donors (Lipinski definition) is 0. The maximum absolute atomic E-state index is 6.06. The molecule has 5 heteroatoms. The lowest BCUT2D eigenvalue weighted by Gasteiger charge is -2.17. The minimum Gasteiger partial charge on any atom is -0.303 e. The first-order valence-corrected chi connectivity index (χ1v) is 11.0. The van der Waals surface area contributed by atoms with Crippen molar-refractivity contribution < 1.29 is 8.37 Å². The van der Waals surface area contributed by atoms with E-state index in [0.717, 1.165) is 22.9 Å². The number of aryl methyl sites for hydroxylation is 2. The lowest BCUT2D eigenvalue weighted by molar-refractivity contribution is 0.126. The molecular formula is C22H31NO2S2. The van der Waals surface area contributed by atoms with Gasteiger partial charge in [-0.2, -0.15) is 0 Å². The largest absolute Gasteiger partial charge is 0.303 e. The Hall–Kier alpha value is -0.980. The van der Waals surface area contributed by atoms with Crippen LogP contribution in [-0.2, 0) is 8.37 Å². The van der Waals surface area contributed by atoms with Crippen LogP contribution in [0.25, 0.3) is 0 Å². The first-order chi connectivity index (χ1) is 13.0. The van der Waals surface area contributed by atoms with Crippen molar-refractivity contribution in [3.63, 3.8) is 0 Å². The molecule has 1 saturated heterocycles. The van der Waals surface area contributed by atoms with Gasteiger partial charge in [0.05, 0.1) is 0 Å². The Labute approximate surface area is 173 Å². The molecule has 0 amide bonds. The van der Waals surface area contributed by atoms with Gasteiger partial charge in [0, 0.05) is 47.0 Å². The summed E-state index contributed by atoms with van der Waals surface area (Å²) >= 11 is 2.88. The third kappa shape index (κ3) is 7.88. The highest BCUT2D eigenvalue weighted by molar-refractivity contribution is 7.95. The molecule has 0 bridgehead atoms. The third-order valence-corrected chi connectivity index (χ3v) is 5.59. The summed E-state index contributed by atoms with van der Waals surface area (Å²) in [6.07, 6.45) is 1.39.